The summed E-state index contributed by atoms with van der Waals surface area (Å²) in [4.78, 5) is 15.8. The highest BCUT2D eigenvalue weighted by Crippen LogP contribution is 2.20. The molecule has 1 amide bonds. The number of nitrogens with zero attached hydrogens (tertiary/aromatic N) is 1. The molecule has 4 N–H and O–H groups in total. The maximum atomic E-state index is 11.8. The fourth-order valence-corrected chi connectivity index (χ4v) is 1.84. The minimum atomic E-state index is -0.194. The second-order valence-electron chi connectivity index (χ2n) is 4.66. The molecule has 1 aromatic carbocycles. The summed E-state index contributed by atoms with van der Waals surface area (Å²) < 4.78 is 0.917. The molecular weight excluding hydrogens is 447 g/mol. The summed E-state index contributed by atoms with van der Waals surface area (Å²) in [5.41, 5.74) is 7.47. The third-order valence-corrected chi connectivity index (χ3v) is 3.37. The highest BCUT2D eigenvalue weighted by atomic mass is 127. The minimum Gasteiger partial charge on any atom is -0.370 e. The highest BCUT2D eigenvalue weighted by Gasteiger charge is 2.05. The van der Waals surface area contributed by atoms with Crippen molar-refractivity contribution in [2.45, 2.75) is 33.2 Å². The molecular formula is C14H22BrIN4O. The van der Waals surface area contributed by atoms with Crippen molar-refractivity contribution in [3.05, 3.63) is 28.2 Å². The number of nitrogens with one attached hydrogen (secondary N) is 2. The van der Waals surface area contributed by atoms with E-state index in [2.05, 4.69) is 31.6 Å². The first-order valence-corrected chi connectivity index (χ1v) is 7.34. The van der Waals surface area contributed by atoms with Crippen molar-refractivity contribution in [3.8, 4) is 0 Å². The number of guanidine groups is 1. The van der Waals surface area contributed by atoms with E-state index in [1.54, 1.807) is 0 Å². The predicted molar refractivity (Wildman–Crippen MR) is 102 cm³/mol. The van der Waals surface area contributed by atoms with E-state index in [-0.39, 0.29) is 42.5 Å². The number of halogens is 2. The molecule has 0 aliphatic rings. The van der Waals surface area contributed by atoms with Gasteiger partial charge < -0.3 is 16.4 Å². The quantitative estimate of drug-likeness (QED) is 0.353. The molecule has 0 radical (unpaired) electrons. The van der Waals surface area contributed by atoms with Crippen LogP contribution < -0.4 is 16.4 Å². The van der Waals surface area contributed by atoms with E-state index in [0.717, 1.165) is 22.1 Å². The lowest BCUT2D eigenvalue weighted by atomic mass is 10.2. The zero-order valence-electron chi connectivity index (χ0n) is 12.4. The Bertz CT molecular complexity index is 508. The second-order valence-corrected chi connectivity index (χ2v) is 5.58. The monoisotopic (exact) mass is 468 g/mol. The van der Waals surface area contributed by atoms with E-state index in [9.17, 15) is 4.79 Å². The number of carbonyl (C=O) groups excluding carboxylic acids is 1. The van der Waals surface area contributed by atoms with Crippen LogP contribution in [0.3, 0.4) is 0 Å². The Morgan fingerprint density at radius 1 is 1.48 bits per heavy atom. The van der Waals surface area contributed by atoms with Crippen LogP contribution in [0.2, 0.25) is 0 Å². The van der Waals surface area contributed by atoms with Crippen molar-refractivity contribution in [3.63, 3.8) is 0 Å². The largest absolute Gasteiger partial charge is 0.370 e. The van der Waals surface area contributed by atoms with Gasteiger partial charge in [-0.3, -0.25) is 4.79 Å². The summed E-state index contributed by atoms with van der Waals surface area (Å²) in [7, 11) is 0. The lowest BCUT2D eigenvalue weighted by Gasteiger charge is -2.12. The van der Waals surface area contributed by atoms with Gasteiger partial charge in [0.2, 0.25) is 5.91 Å². The molecule has 1 rings (SSSR count). The molecule has 1 atom stereocenters. The summed E-state index contributed by atoms with van der Waals surface area (Å²) in [5.74, 6) is 0.0977. The molecule has 0 aromatic heterocycles. The highest BCUT2D eigenvalue weighted by molar-refractivity contribution is 14.0. The molecule has 5 nitrogen and oxygen atoms in total. The number of rotatable bonds is 5. The van der Waals surface area contributed by atoms with Crippen LogP contribution in [0, 0.1) is 6.92 Å². The molecule has 0 saturated carbocycles. The molecule has 0 aliphatic heterocycles. The fraction of sp³-hybridized carbons (Fsp3) is 0.429. The van der Waals surface area contributed by atoms with Gasteiger partial charge in [-0.15, -0.1) is 24.0 Å². The number of benzene rings is 1. The van der Waals surface area contributed by atoms with E-state index in [1.165, 1.54) is 0 Å². The number of aryl methyl sites for hydroxylation is 1. The van der Waals surface area contributed by atoms with E-state index >= 15 is 0 Å². The van der Waals surface area contributed by atoms with Gasteiger partial charge in [-0.1, -0.05) is 28.9 Å². The number of anilines is 1. The summed E-state index contributed by atoms with van der Waals surface area (Å²) in [5, 5.41) is 5.82. The van der Waals surface area contributed by atoms with Crippen molar-refractivity contribution >= 4 is 57.5 Å². The Balaban J connectivity index is 0.00000400. The number of hydrogen-bond donors (Lipinski definition) is 3. The molecule has 7 heteroatoms. The average Bonchev–Trinajstić information content (AvgIpc) is 2.40. The number of aliphatic imine (C=N–C) groups is 1. The van der Waals surface area contributed by atoms with Gasteiger partial charge in [0.15, 0.2) is 5.96 Å². The van der Waals surface area contributed by atoms with Gasteiger partial charge in [0.05, 0.1) is 0 Å². The van der Waals surface area contributed by atoms with Gasteiger partial charge in [0.25, 0.3) is 0 Å². The Kier molecular flexibility index (Phi) is 9.60. The van der Waals surface area contributed by atoms with Crippen LogP contribution in [-0.4, -0.2) is 24.5 Å². The minimum absolute atomic E-state index is 0. The Labute approximate surface area is 151 Å². The average molecular weight is 469 g/mol. The third kappa shape index (κ3) is 7.66. The number of nitrogens with two attached hydrogens (primary N) is 1. The molecule has 0 saturated heterocycles. The van der Waals surface area contributed by atoms with Gasteiger partial charge in [0, 0.05) is 16.2 Å². The van der Waals surface area contributed by atoms with Crippen LogP contribution >= 0.6 is 39.9 Å². The van der Waals surface area contributed by atoms with Crippen LogP contribution in [0.25, 0.3) is 0 Å². The van der Waals surface area contributed by atoms with Crippen LogP contribution in [0.15, 0.2) is 27.7 Å². The first kappa shape index (κ1) is 20.2. The van der Waals surface area contributed by atoms with Crippen LogP contribution in [0.4, 0.5) is 5.69 Å². The molecule has 21 heavy (non-hydrogen) atoms. The molecule has 1 unspecified atom stereocenters. The predicted octanol–water partition coefficient (Wildman–Crippen LogP) is 3.02. The van der Waals surface area contributed by atoms with Crippen LogP contribution in [-0.2, 0) is 4.79 Å². The lowest BCUT2D eigenvalue weighted by molar-refractivity contribution is -0.114. The Morgan fingerprint density at radius 3 is 2.76 bits per heavy atom. The number of hydrogen-bond acceptors (Lipinski definition) is 2. The van der Waals surface area contributed by atoms with E-state index < -0.39 is 0 Å². The summed E-state index contributed by atoms with van der Waals surface area (Å²) >= 11 is 3.37. The van der Waals surface area contributed by atoms with Crippen LogP contribution in [0.1, 0.15) is 25.8 Å². The van der Waals surface area contributed by atoms with Crippen molar-refractivity contribution < 1.29 is 4.79 Å². The third-order valence-electron chi connectivity index (χ3n) is 2.87. The molecule has 0 heterocycles. The molecule has 0 aliphatic carbocycles. The molecule has 0 bridgehead atoms. The second kappa shape index (κ2) is 9.99. The van der Waals surface area contributed by atoms with Crippen molar-refractivity contribution in [2.24, 2.45) is 10.7 Å². The zero-order valence-corrected chi connectivity index (χ0v) is 16.4. The summed E-state index contributed by atoms with van der Waals surface area (Å²) in [6, 6.07) is 5.96. The van der Waals surface area contributed by atoms with E-state index in [0.29, 0.717) is 5.96 Å². The first-order valence-electron chi connectivity index (χ1n) is 6.54. The SMILES string of the molecule is CCC(C)NC(N)=NCC(=O)Nc1cc(Br)ccc1C.I. The molecule has 0 spiro atoms. The Hall–Kier alpha value is -0.830. The molecule has 118 valence electrons. The van der Waals surface area contributed by atoms with Gasteiger partial charge in [-0.05, 0) is 38.0 Å². The van der Waals surface area contributed by atoms with Gasteiger partial charge in [-0.25, -0.2) is 4.99 Å². The van der Waals surface area contributed by atoms with Gasteiger partial charge in [-0.2, -0.15) is 0 Å². The van der Waals surface area contributed by atoms with E-state index in [4.69, 9.17) is 5.73 Å². The van der Waals surface area contributed by atoms with E-state index in [1.807, 2.05) is 39.0 Å². The first-order chi connectivity index (χ1) is 9.42. The zero-order chi connectivity index (χ0) is 15.1. The number of carbonyl (C=O) groups is 1. The summed E-state index contributed by atoms with van der Waals surface area (Å²) in [6.45, 7) is 5.99. The topological polar surface area (TPSA) is 79.5 Å². The molecule has 1 aromatic rings. The fourth-order valence-electron chi connectivity index (χ4n) is 1.48. The van der Waals surface area contributed by atoms with Gasteiger partial charge in [0.1, 0.15) is 6.54 Å². The van der Waals surface area contributed by atoms with Crippen molar-refractivity contribution in [2.75, 3.05) is 11.9 Å². The summed E-state index contributed by atoms with van der Waals surface area (Å²) in [6.07, 6.45) is 0.944. The van der Waals surface area contributed by atoms with Gasteiger partial charge >= 0.3 is 0 Å². The Morgan fingerprint density at radius 2 is 2.14 bits per heavy atom. The van der Waals surface area contributed by atoms with Crippen molar-refractivity contribution in [1.29, 1.82) is 0 Å². The maximum absolute atomic E-state index is 11.8. The van der Waals surface area contributed by atoms with Crippen molar-refractivity contribution in [1.82, 2.24) is 5.32 Å². The standard InChI is InChI=1S/C14H21BrN4O.HI/c1-4-10(3)18-14(16)17-8-13(20)19-12-7-11(15)6-5-9(12)2;/h5-7,10H,4,8H2,1-3H3,(H,19,20)(H3,16,17,18);1H. The normalized spacial score (nSPS) is 12.3. The van der Waals surface area contributed by atoms with Crippen LogP contribution in [0.5, 0.6) is 0 Å². The molecule has 0 fully saturated rings. The smallest absolute Gasteiger partial charge is 0.246 e. The maximum Gasteiger partial charge on any atom is 0.246 e. The number of amides is 1. The lowest BCUT2D eigenvalue weighted by Crippen LogP contribution is -2.38.